The van der Waals surface area contributed by atoms with E-state index < -0.39 is 11.9 Å². The van der Waals surface area contributed by atoms with Gasteiger partial charge >= 0.3 is 11.9 Å². The lowest BCUT2D eigenvalue weighted by Crippen LogP contribution is -2.34. The van der Waals surface area contributed by atoms with Crippen molar-refractivity contribution in [1.82, 2.24) is 5.32 Å². The predicted octanol–water partition coefficient (Wildman–Crippen LogP) is 3.28. The Bertz CT molecular complexity index is 674. The number of benzene rings is 1. The highest BCUT2D eigenvalue weighted by Gasteiger charge is 2.18. The van der Waals surface area contributed by atoms with Crippen LogP contribution in [0.5, 0.6) is 0 Å². The van der Waals surface area contributed by atoms with E-state index in [0.29, 0.717) is 17.3 Å². The average Bonchev–Trinajstić information content (AvgIpc) is 3.12. The van der Waals surface area contributed by atoms with Crippen LogP contribution in [-0.2, 0) is 14.2 Å². The number of ether oxygens (including phenoxy) is 3. The van der Waals surface area contributed by atoms with E-state index >= 15 is 0 Å². The molecule has 0 spiro atoms. The molecule has 1 aliphatic heterocycles. The van der Waals surface area contributed by atoms with Crippen molar-refractivity contribution in [3.8, 4) is 0 Å². The summed E-state index contributed by atoms with van der Waals surface area (Å²) in [6.07, 6.45) is 1.64. The number of rotatable bonds is 7. The smallest absolute Gasteiger partial charge is 0.338 e. The Morgan fingerprint density at radius 2 is 1.68 bits per heavy atom. The Labute approximate surface area is 171 Å². The van der Waals surface area contributed by atoms with Crippen LogP contribution in [0.4, 0.5) is 5.69 Å². The lowest BCUT2D eigenvalue weighted by atomic mass is 10.1. The van der Waals surface area contributed by atoms with Gasteiger partial charge in [0.15, 0.2) is 5.11 Å². The summed E-state index contributed by atoms with van der Waals surface area (Å²) in [6.45, 7) is 8.42. The van der Waals surface area contributed by atoms with Crippen LogP contribution in [0.25, 0.3) is 0 Å². The first-order chi connectivity index (χ1) is 13.2. The second-order valence-corrected chi connectivity index (χ2v) is 7.59. The summed E-state index contributed by atoms with van der Waals surface area (Å²) >= 11 is 5.32. The number of anilines is 1. The van der Waals surface area contributed by atoms with Crippen LogP contribution in [-0.4, -0.2) is 48.5 Å². The van der Waals surface area contributed by atoms with Crippen LogP contribution in [0, 0.1) is 0 Å². The molecule has 0 radical (unpaired) electrons. The van der Waals surface area contributed by atoms with Crippen molar-refractivity contribution in [2.75, 3.05) is 18.5 Å². The zero-order valence-corrected chi connectivity index (χ0v) is 17.6. The second kappa shape index (κ2) is 10.4. The number of hydrogen-bond acceptors (Lipinski definition) is 6. The molecule has 1 aliphatic rings. The summed E-state index contributed by atoms with van der Waals surface area (Å²) < 4.78 is 16.0. The number of thiocarbonyl (C=S) groups is 1. The van der Waals surface area contributed by atoms with Gasteiger partial charge in [0, 0.05) is 18.8 Å². The van der Waals surface area contributed by atoms with E-state index in [9.17, 15) is 9.59 Å². The molecule has 2 rings (SSSR count). The van der Waals surface area contributed by atoms with Gasteiger partial charge in [0.2, 0.25) is 0 Å². The maximum atomic E-state index is 12.3. The summed E-state index contributed by atoms with van der Waals surface area (Å²) in [7, 11) is 0. The Balaban J connectivity index is 2.14. The minimum atomic E-state index is -0.518. The molecule has 0 saturated carbocycles. The first kappa shape index (κ1) is 22.1. The Kier molecular flexibility index (Phi) is 8.19. The van der Waals surface area contributed by atoms with Crippen LogP contribution in [0.2, 0.25) is 0 Å². The van der Waals surface area contributed by atoms with Crippen LogP contribution < -0.4 is 10.6 Å². The molecule has 1 aromatic rings. The van der Waals surface area contributed by atoms with Crippen LogP contribution in [0.1, 0.15) is 61.3 Å². The van der Waals surface area contributed by atoms with Gasteiger partial charge in [0.25, 0.3) is 0 Å². The van der Waals surface area contributed by atoms with Crippen molar-refractivity contribution in [1.29, 1.82) is 0 Å². The normalized spacial score (nSPS) is 16.1. The molecule has 8 heteroatoms. The predicted molar refractivity (Wildman–Crippen MR) is 111 cm³/mol. The average molecular weight is 409 g/mol. The fourth-order valence-electron chi connectivity index (χ4n) is 2.69. The summed E-state index contributed by atoms with van der Waals surface area (Å²) in [4.78, 5) is 24.6. The largest absolute Gasteiger partial charge is 0.459 e. The third-order valence-corrected chi connectivity index (χ3v) is 4.11. The van der Waals surface area contributed by atoms with Crippen molar-refractivity contribution >= 4 is 35.0 Å². The molecule has 154 valence electrons. The quantitative estimate of drug-likeness (QED) is 0.525. The van der Waals surface area contributed by atoms with Crippen LogP contribution in [0.3, 0.4) is 0 Å². The van der Waals surface area contributed by atoms with E-state index in [-0.39, 0.29) is 29.4 Å². The maximum Gasteiger partial charge on any atom is 0.338 e. The van der Waals surface area contributed by atoms with E-state index in [0.717, 1.165) is 19.4 Å². The first-order valence-electron chi connectivity index (χ1n) is 9.48. The standard InChI is InChI=1S/C20H28N2O5S/c1-12(2)26-18(23)14-8-15(19(24)27-13(3)4)10-16(9-14)22-20(28)21-11-17-6-5-7-25-17/h8-10,12-13,17H,5-7,11H2,1-4H3,(H2,21,22,28). The van der Waals surface area contributed by atoms with Crippen molar-refractivity contribution in [3.05, 3.63) is 29.3 Å². The molecule has 2 N–H and O–H groups in total. The zero-order chi connectivity index (χ0) is 20.7. The molecular formula is C20H28N2O5S. The van der Waals surface area contributed by atoms with Crippen molar-refractivity contribution in [3.63, 3.8) is 0 Å². The Hall–Kier alpha value is -2.19. The topological polar surface area (TPSA) is 85.9 Å². The summed E-state index contributed by atoms with van der Waals surface area (Å²) in [5, 5.41) is 6.49. The molecule has 1 atom stereocenters. The van der Waals surface area contributed by atoms with Gasteiger partial charge in [-0.25, -0.2) is 9.59 Å². The van der Waals surface area contributed by atoms with Gasteiger partial charge in [-0.2, -0.15) is 0 Å². The van der Waals surface area contributed by atoms with E-state index in [4.69, 9.17) is 26.4 Å². The van der Waals surface area contributed by atoms with Crippen molar-refractivity contribution in [2.45, 2.75) is 58.8 Å². The molecule has 1 saturated heterocycles. The van der Waals surface area contributed by atoms with Gasteiger partial charge in [0.05, 0.1) is 29.4 Å². The van der Waals surface area contributed by atoms with Crippen LogP contribution >= 0.6 is 12.2 Å². The maximum absolute atomic E-state index is 12.3. The molecule has 0 aromatic heterocycles. The molecule has 28 heavy (non-hydrogen) atoms. The molecule has 1 heterocycles. The SMILES string of the molecule is CC(C)OC(=O)c1cc(NC(=S)NCC2CCCO2)cc(C(=O)OC(C)C)c1. The summed E-state index contributed by atoms with van der Waals surface area (Å²) in [5.41, 5.74) is 0.992. The van der Waals surface area contributed by atoms with Gasteiger partial charge in [-0.15, -0.1) is 0 Å². The third kappa shape index (κ3) is 7.09. The molecule has 0 aliphatic carbocycles. The molecule has 7 nitrogen and oxygen atoms in total. The van der Waals surface area contributed by atoms with E-state index in [1.54, 1.807) is 39.8 Å². The highest BCUT2D eigenvalue weighted by Crippen LogP contribution is 2.18. The number of carbonyl (C=O) groups is 2. The number of nitrogens with one attached hydrogen (secondary N) is 2. The van der Waals surface area contributed by atoms with Crippen LogP contribution in [0.15, 0.2) is 18.2 Å². The van der Waals surface area contributed by atoms with E-state index in [2.05, 4.69) is 10.6 Å². The highest BCUT2D eigenvalue weighted by atomic mass is 32.1. The van der Waals surface area contributed by atoms with E-state index in [1.165, 1.54) is 6.07 Å². The summed E-state index contributed by atoms with van der Waals surface area (Å²) in [5.74, 6) is -1.04. The molecule has 1 fully saturated rings. The first-order valence-corrected chi connectivity index (χ1v) is 9.89. The fraction of sp³-hybridized carbons (Fsp3) is 0.550. The van der Waals surface area contributed by atoms with E-state index in [1.807, 2.05) is 0 Å². The monoisotopic (exact) mass is 408 g/mol. The number of hydrogen-bond donors (Lipinski definition) is 2. The van der Waals surface area contributed by atoms with Gasteiger partial charge in [-0.05, 0) is 71.0 Å². The minimum Gasteiger partial charge on any atom is -0.459 e. The lowest BCUT2D eigenvalue weighted by molar-refractivity contribution is 0.0377. The third-order valence-electron chi connectivity index (χ3n) is 3.86. The highest BCUT2D eigenvalue weighted by molar-refractivity contribution is 7.80. The zero-order valence-electron chi connectivity index (χ0n) is 16.7. The molecule has 0 amide bonds. The lowest BCUT2D eigenvalue weighted by Gasteiger charge is -2.16. The van der Waals surface area contributed by atoms with Crippen molar-refractivity contribution in [2.24, 2.45) is 0 Å². The van der Waals surface area contributed by atoms with Crippen molar-refractivity contribution < 1.29 is 23.8 Å². The van der Waals surface area contributed by atoms with Gasteiger partial charge in [-0.3, -0.25) is 0 Å². The molecule has 1 unspecified atom stereocenters. The summed E-state index contributed by atoms with van der Waals surface area (Å²) in [6, 6.07) is 4.65. The Morgan fingerprint density at radius 3 is 2.14 bits per heavy atom. The van der Waals surface area contributed by atoms with Gasteiger partial charge in [-0.1, -0.05) is 0 Å². The number of carbonyl (C=O) groups excluding carboxylic acids is 2. The second-order valence-electron chi connectivity index (χ2n) is 7.18. The molecule has 0 bridgehead atoms. The fourth-order valence-corrected chi connectivity index (χ4v) is 2.89. The Morgan fingerprint density at radius 1 is 1.11 bits per heavy atom. The molecule has 1 aromatic carbocycles. The number of esters is 2. The van der Waals surface area contributed by atoms with Gasteiger partial charge < -0.3 is 24.8 Å². The minimum absolute atomic E-state index is 0.142. The van der Waals surface area contributed by atoms with Gasteiger partial charge in [0.1, 0.15) is 0 Å². The molecular weight excluding hydrogens is 380 g/mol.